The molecule has 0 aromatic heterocycles. The summed E-state index contributed by atoms with van der Waals surface area (Å²) in [7, 11) is 0. The van der Waals surface area contributed by atoms with Crippen molar-refractivity contribution in [2.24, 2.45) is 0 Å². The van der Waals surface area contributed by atoms with Gasteiger partial charge in [0, 0.05) is 6.92 Å². The molecule has 0 amide bonds. The lowest BCUT2D eigenvalue weighted by Gasteiger charge is -2.24. The van der Waals surface area contributed by atoms with Crippen molar-refractivity contribution < 1.29 is 42.9 Å². The Balaban J connectivity index is 1.58. The molecule has 0 aliphatic carbocycles. The molecule has 9 heteroatoms. The van der Waals surface area contributed by atoms with Crippen LogP contribution in [0.15, 0.2) is 91.0 Å². The van der Waals surface area contributed by atoms with Gasteiger partial charge in [0.1, 0.15) is 12.7 Å². The van der Waals surface area contributed by atoms with Crippen LogP contribution in [-0.2, 0) is 28.5 Å². The molecule has 0 unspecified atom stereocenters. The zero-order chi connectivity index (χ0) is 26.2. The number of ether oxygens (including phenoxy) is 5. The molecule has 0 saturated carbocycles. The molecule has 1 saturated heterocycles. The first-order valence-electron chi connectivity index (χ1n) is 11.5. The number of rotatable bonds is 8. The fraction of sp³-hybridized carbons (Fsp3) is 0.214. The van der Waals surface area contributed by atoms with Gasteiger partial charge in [0.25, 0.3) is 0 Å². The monoisotopic (exact) mass is 509 g/mol. The second-order valence-corrected chi connectivity index (χ2v) is 8.09. The van der Waals surface area contributed by atoms with Crippen molar-refractivity contribution in [2.45, 2.75) is 31.5 Å². The van der Waals surface area contributed by atoms with E-state index in [-0.39, 0.29) is 17.7 Å². The lowest BCUT2D eigenvalue weighted by molar-refractivity contribution is -0.187. The number of hydrogen-bond donors (Lipinski definition) is 0. The fourth-order valence-electron chi connectivity index (χ4n) is 3.70. The highest BCUT2D eigenvalue weighted by Crippen LogP contribution is 2.30. The summed E-state index contributed by atoms with van der Waals surface area (Å²) in [5, 5.41) is 0. The van der Waals surface area contributed by atoms with Crippen LogP contribution < -0.4 is 0 Å². The van der Waals surface area contributed by atoms with E-state index in [1.807, 2.05) is 0 Å². The molecule has 37 heavy (non-hydrogen) atoms. The van der Waals surface area contributed by atoms with Gasteiger partial charge in [0.15, 0.2) is 6.10 Å². The molecule has 0 bridgehead atoms. The van der Waals surface area contributed by atoms with Crippen molar-refractivity contribution in [2.75, 3.05) is 6.61 Å². The molecule has 1 aliphatic heterocycles. The predicted molar refractivity (Wildman–Crippen MR) is 128 cm³/mol. The van der Waals surface area contributed by atoms with Crippen molar-refractivity contribution in [3.8, 4) is 0 Å². The normalized spacial score (nSPS) is 20.5. The molecular formula is C28H24O9. The quantitative estimate of drug-likeness (QED) is 0.255. The molecule has 3 aromatic carbocycles. The van der Waals surface area contributed by atoms with Gasteiger partial charge >= 0.3 is 23.9 Å². The summed E-state index contributed by atoms with van der Waals surface area (Å²) in [6, 6.07) is 24.6. The minimum atomic E-state index is -1.40. The molecule has 1 fully saturated rings. The Morgan fingerprint density at radius 2 is 1.05 bits per heavy atom. The number of esters is 4. The van der Waals surface area contributed by atoms with Crippen LogP contribution in [0.2, 0.25) is 0 Å². The Bertz CT molecular complexity index is 1230. The molecular weight excluding hydrogens is 485 g/mol. The zero-order valence-corrected chi connectivity index (χ0v) is 19.9. The molecule has 3 aromatic rings. The number of carbonyl (C=O) groups excluding carboxylic acids is 4. The van der Waals surface area contributed by atoms with Crippen LogP contribution in [0.5, 0.6) is 0 Å². The Hall–Kier alpha value is -4.50. The molecule has 4 rings (SSSR count). The number of hydrogen-bond acceptors (Lipinski definition) is 9. The topological polar surface area (TPSA) is 114 Å². The smallest absolute Gasteiger partial charge is 0.338 e. The van der Waals surface area contributed by atoms with Crippen molar-refractivity contribution in [1.29, 1.82) is 0 Å². The van der Waals surface area contributed by atoms with Crippen LogP contribution in [0.4, 0.5) is 0 Å². The maximum absolute atomic E-state index is 12.9. The van der Waals surface area contributed by atoms with Gasteiger partial charge in [0.05, 0.1) is 16.7 Å². The third-order valence-electron chi connectivity index (χ3n) is 5.44. The summed E-state index contributed by atoms with van der Waals surface area (Å²) < 4.78 is 27.7. The van der Waals surface area contributed by atoms with Crippen molar-refractivity contribution in [1.82, 2.24) is 0 Å². The summed E-state index contributed by atoms with van der Waals surface area (Å²) in [6.45, 7) is 0.796. The van der Waals surface area contributed by atoms with Gasteiger partial charge in [-0.3, -0.25) is 4.79 Å². The maximum atomic E-state index is 12.9. The molecule has 9 nitrogen and oxygen atoms in total. The largest absolute Gasteiger partial charge is 0.459 e. The van der Waals surface area contributed by atoms with Gasteiger partial charge in [-0.05, 0) is 36.4 Å². The molecule has 190 valence electrons. The molecule has 0 radical (unpaired) electrons. The van der Waals surface area contributed by atoms with E-state index in [4.69, 9.17) is 23.7 Å². The lowest BCUT2D eigenvalue weighted by atomic mass is 10.2. The van der Waals surface area contributed by atoms with E-state index < -0.39 is 48.5 Å². The molecule has 0 N–H and O–H groups in total. The highest BCUT2D eigenvalue weighted by atomic mass is 16.9. The van der Waals surface area contributed by atoms with E-state index in [2.05, 4.69) is 0 Å². The Morgan fingerprint density at radius 1 is 0.622 bits per heavy atom. The van der Waals surface area contributed by atoms with E-state index in [1.165, 1.54) is 0 Å². The van der Waals surface area contributed by atoms with Crippen LogP contribution in [0.25, 0.3) is 0 Å². The minimum Gasteiger partial charge on any atom is -0.459 e. The van der Waals surface area contributed by atoms with Crippen LogP contribution in [0.3, 0.4) is 0 Å². The highest BCUT2D eigenvalue weighted by Gasteiger charge is 2.52. The van der Waals surface area contributed by atoms with E-state index >= 15 is 0 Å². The third kappa shape index (κ3) is 6.59. The van der Waals surface area contributed by atoms with Crippen molar-refractivity contribution in [3.05, 3.63) is 108 Å². The SMILES string of the molecule is CC(=O)O[13C@@H]1O[13C@H]([13CH2]OC(=O)c2ccccc2)[13C@@H](OC(=O)c2ccccc2)[13C@@H]1OC(=O)c1ccccc1. The highest BCUT2D eigenvalue weighted by molar-refractivity contribution is 5.91. The average molecular weight is 509 g/mol. The predicted octanol–water partition coefficient (Wildman–Crippen LogP) is 3.58. The van der Waals surface area contributed by atoms with E-state index in [9.17, 15) is 19.2 Å². The van der Waals surface area contributed by atoms with Gasteiger partial charge in [-0.15, -0.1) is 0 Å². The summed E-state index contributed by atoms with van der Waals surface area (Å²) in [5.74, 6) is -2.81. The Labute approximate surface area is 212 Å². The second kappa shape index (κ2) is 12.0. The van der Waals surface area contributed by atoms with Crippen LogP contribution >= 0.6 is 0 Å². The van der Waals surface area contributed by atoms with Crippen LogP contribution in [0.1, 0.15) is 38.0 Å². The summed E-state index contributed by atoms with van der Waals surface area (Å²) in [4.78, 5) is 50.0. The van der Waals surface area contributed by atoms with Crippen molar-refractivity contribution in [3.63, 3.8) is 0 Å². The molecule has 4 atom stereocenters. The Morgan fingerprint density at radius 3 is 1.51 bits per heavy atom. The first kappa shape index (κ1) is 25.6. The maximum Gasteiger partial charge on any atom is 0.338 e. The van der Waals surface area contributed by atoms with Crippen LogP contribution in [-0.4, -0.2) is 55.1 Å². The average Bonchev–Trinajstić information content (AvgIpc) is 3.23. The van der Waals surface area contributed by atoms with Gasteiger partial charge in [-0.25, -0.2) is 14.4 Å². The number of carbonyl (C=O) groups is 4. The van der Waals surface area contributed by atoms with Gasteiger partial charge < -0.3 is 23.7 Å². The van der Waals surface area contributed by atoms with E-state index in [0.29, 0.717) is 5.56 Å². The molecule has 1 heterocycles. The molecule has 1 aliphatic rings. The summed E-state index contributed by atoms with van der Waals surface area (Å²) >= 11 is 0. The first-order valence-corrected chi connectivity index (χ1v) is 11.5. The Kier molecular flexibility index (Phi) is 8.27. The summed E-state index contributed by atoms with van der Waals surface area (Å²) in [5.41, 5.74) is 0.782. The second-order valence-electron chi connectivity index (χ2n) is 8.09. The zero-order valence-electron chi connectivity index (χ0n) is 19.9. The third-order valence-corrected chi connectivity index (χ3v) is 5.44. The standard InChI is InChI=1S/C28H24O9/c1-18(29)34-28-24(37-27(32)21-15-9-4-10-16-21)23(36-26(31)20-13-7-3-8-14-20)22(35-28)17-33-25(30)19-11-5-2-6-12-19/h2-16,22-24,28H,17H2,1H3/t22-,23-,24+,28-/m1/s1/i17+1,22+1,23+1,24+1,28+1. The van der Waals surface area contributed by atoms with E-state index in [1.54, 1.807) is 91.0 Å². The lowest BCUT2D eigenvalue weighted by Crippen LogP contribution is -2.42. The van der Waals surface area contributed by atoms with Gasteiger partial charge in [-0.2, -0.15) is 0 Å². The summed E-state index contributed by atoms with van der Waals surface area (Å²) in [6.07, 6.45) is -5.09. The van der Waals surface area contributed by atoms with Gasteiger partial charge in [-0.1, -0.05) is 54.6 Å². The van der Waals surface area contributed by atoms with Gasteiger partial charge in [0.2, 0.25) is 12.4 Å². The number of benzene rings is 3. The fourth-order valence-corrected chi connectivity index (χ4v) is 3.70. The van der Waals surface area contributed by atoms with Crippen molar-refractivity contribution >= 4 is 23.9 Å². The van der Waals surface area contributed by atoms with Crippen LogP contribution in [0, 0.1) is 0 Å². The van der Waals surface area contributed by atoms with E-state index in [0.717, 1.165) is 6.92 Å². The first-order chi connectivity index (χ1) is 17.9. The minimum absolute atomic E-state index is 0.233. The molecule has 0 spiro atoms.